The van der Waals surface area contributed by atoms with Gasteiger partial charge in [0.05, 0.1) is 21.7 Å². The maximum atomic E-state index is 13.6. The minimum atomic E-state index is -4.24. The Morgan fingerprint density at radius 2 is 1.75 bits per heavy atom. The van der Waals surface area contributed by atoms with Crippen molar-refractivity contribution in [3.63, 3.8) is 0 Å². The molecular formula is C21H17FN4O5S. The normalized spacial score (nSPS) is 11.3. The molecule has 11 heteroatoms. The first-order chi connectivity index (χ1) is 15.3. The molecule has 0 aliphatic heterocycles. The van der Waals surface area contributed by atoms with Gasteiger partial charge in [-0.15, -0.1) is 0 Å². The summed E-state index contributed by atoms with van der Waals surface area (Å²) in [6.45, 7) is -0.715. The van der Waals surface area contributed by atoms with Gasteiger partial charge in [-0.2, -0.15) is 5.10 Å². The first-order valence-corrected chi connectivity index (χ1v) is 10.6. The Hall–Kier alpha value is -4.12. The summed E-state index contributed by atoms with van der Waals surface area (Å²) in [4.78, 5) is 22.8. The maximum Gasteiger partial charge on any atom is 0.271 e. The molecule has 0 aromatic heterocycles. The summed E-state index contributed by atoms with van der Waals surface area (Å²) < 4.78 is 40.7. The monoisotopic (exact) mass is 456 g/mol. The maximum absolute atomic E-state index is 13.6. The largest absolute Gasteiger partial charge is 0.271 e. The highest BCUT2D eigenvalue weighted by Crippen LogP contribution is 2.26. The topological polar surface area (TPSA) is 122 Å². The van der Waals surface area contributed by atoms with E-state index in [9.17, 15) is 27.7 Å². The predicted molar refractivity (Wildman–Crippen MR) is 116 cm³/mol. The van der Waals surface area contributed by atoms with E-state index in [1.165, 1.54) is 60.7 Å². The minimum Gasteiger partial charge on any atom is -0.271 e. The number of hydrogen-bond donors (Lipinski definition) is 1. The molecule has 0 saturated carbocycles. The number of nitrogens with zero attached hydrogens (tertiary/aromatic N) is 3. The van der Waals surface area contributed by atoms with Gasteiger partial charge in [0.15, 0.2) is 0 Å². The number of benzene rings is 3. The molecule has 1 amide bonds. The average Bonchev–Trinajstić information content (AvgIpc) is 2.79. The molecule has 0 aliphatic rings. The Bertz CT molecular complexity index is 1270. The molecule has 0 saturated heterocycles. The summed E-state index contributed by atoms with van der Waals surface area (Å²) >= 11 is 0. The van der Waals surface area contributed by atoms with E-state index in [2.05, 4.69) is 10.5 Å². The fraction of sp³-hybridized carbons (Fsp3) is 0.0476. The fourth-order valence-electron chi connectivity index (χ4n) is 2.72. The summed E-state index contributed by atoms with van der Waals surface area (Å²) in [5.41, 5.74) is 1.86. The van der Waals surface area contributed by atoms with Crippen molar-refractivity contribution in [2.75, 3.05) is 10.8 Å². The van der Waals surface area contributed by atoms with Crippen LogP contribution in [0.5, 0.6) is 0 Å². The lowest BCUT2D eigenvalue weighted by molar-refractivity contribution is -0.384. The van der Waals surface area contributed by atoms with E-state index in [-0.39, 0.29) is 21.8 Å². The Kier molecular flexibility index (Phi) is 6.90. The number of halogens is 1. The molecule has 3 aromatic rings. The molecule has 0 unspecified atom stereocenters. The van der Waals surface area contributed by atoms with Gasteiger partial charge in [-0.25, -0.2) is 18.2 Å². The number of nitrogens with one attached hydrogen (secondary N) is 1. The van der Waals surface area contributed by atoms with Crippen LogP contribution in [0.4, 0.5) is 15.8 Å². The number of nitro benzene ring substituents is 1. The van der Waals surface area contributed by atoms with Crippen molar-refractivity contribution in [1.29, 1.82) is 0 Å². The third-order valence-corrected chi connectivity index (χ3v) is 6.03. The van der Waals surface area contributed by atoms with Crippen LogP contribution in [0.15, 0.2) is 88.9 Å². The Balaban J connectivity index is 1.89. The van der Waals surface area contributed by atoms with Crippen LogP contribution in [0.3, 0.4) is 0 Å². The van der Waals surface area contributed by atoms with E-state index in [1.807, 2.05) is 0 Å². The number of rotatable bonds is 8. The van der Waals surface area contributed by atoms with Crippen LogP contribution in [0, 0.1) is 15.9 Å². The van der Waals surface area contributed by atoms with Crippen molar-refractivity contribution in [3.05, 3.63) is 100 Å². The standard InChI is InChI=1S/C21H17FN4O5S/c22-20-12-5-4-7-16(20)14-23-24-21(27)15-25(17-8-6-9-18(13-17)26(28)29)32(30,31)19-10-2-1-3-11-19/h1-14H,15H2,(H,24,27)/b23-14-. The smallest absolute Gasteiger partial charge is 0.271 e. The molecule has 0 fully saturated rings. The number of hydrogen-bond acceptors (Lipinski definition) is 6. The highest BCUT2D eigenvalue weighted by Gasteiger charge is 2.28. The van der Waals surface area contributed by atoms with Gasteiger partial charge in [0.1, 0.15) is 12.4 Å². The van der Waals surface area contributed by atoms with E-state index in [0.717, 1.165) is 16.6 Å². The van der Waals surface area contributed by atoms with Crippen molar-refractivity contribution in [1.82, 2.24) is 5.43 Å². The van der Waals surface area contributed by atoms with E-state index in [1.54, 1.807) is 12.1 Å². The molecule has 3 aromatic carbocycles. The van der Waals surface area contributed by atoms with Crippen molar-refractivity contribution >= 4 is 33.5 Å². The first kappa shape index (κ1) is 22.6. The highest BCUT2D eigenvalue weighted by atomic mass is 32.2. The molecule has 9 nitrogen and oxygen atoms in total. The van der Waals surface area contributed by atoms with Crippen LogP contribution in [-0.2, 0) is 14.8 Å². The quantitative estimate of drug-likeness (QED) is 0.317. The molecule has 0 heterocycles. The molecule has 1 N–H and O–H groups in total. The number of anilines is 1. The number of hydrazone groups is 1. The molecular weight excluding hydrogens is 439 g/mol. The van der Waals surface area contributed by atoms with Crippen LogP contribution >= 0.6 is 0 Å². The Labute approximate surface area is 183 Å². The molecule has 3 rings (SSSR count). The molecule has 0 radical (unpaired) electrons. The van der Waals surface area contributed by atoms with Crippen LogP contribution in [0.25, 0.3) is 0 Å². The number of carbonyl (C=O) groups excluding carboxylic acids is 1. The number of non-ortho nitro benzene ring substituents is 1. The second-order valence-corrected chi connectivity index (χ2v) is 8.28. The average molecular weight is 456 g/mol. The SMILES string of the molecule is O=C(CN(c1cccc([N+](=O)[O-])c1)S(=O)(=O)c1ccccc1)N/N=C\c1ccccc1F. The van der Waals surface area contributed by atoms with Gasteiger partial charge in [-0.3, -0.25) is 19.2 Å². The van der Waals surface area contributed by atoms with Crippen LogP contribution in [0.2, 0.25) is 0 Å². The second-order valence-electron chi connectivity index (χ2n) is 6.42. The summed E-state index contributed by atoms with van der Waals surface area (Å²) in [5, 5.41) is 14.8. The van der Waals surface area contributed by atoms with Gasteiger partial charge in [-0.05, 0) is 24.3 Å². The number of amides is 1. The molecule has 164 valence electrons. The molecule has 0 atom stereocenters. The van der Waals surface area contributed by atoms with Crippen molar-refractivity contribution in [2.24, 2.45) is 5.10 Å². The zero-order valence-corrected chi connectivity index (χ0v) is 17.3. The third-order valence-electron chi connectivity index (χ3n) is 4.25. The summed E-state index contributed by atoms with van der Waals surface area (Å²) in [7, 11) is -4.24. The lowest BCUT2D eigenvalue weighted by Crippen LogP contribution is -2.39. The molecule has 32 heavy (non-hydrogen) atoms. The molecule has 0 bridgehead atoms. The van der Waals surface area contributed by atoms with Crippen molar-refractivity contribution in [2.45, 2.75) is 4.90 Å². The van der Waals surface area contributed by atoms with Gasteiger partial charge in [-0.1, -0.05) is 42.5 Å². The zero-order valence-electron chi connectivity index (χ0n) is 16.5. The third kappa shape index (κ3) is 5.32. The predicted octanol–water partition coefficient (Wildman–Crippen LogP) is 3.08. The zero-order chi connectivity index (χ0) is 23.1. The fourth-order valence-corrected chi connectivity index (χ4v) is 4.15. The molecule has 0 aliphatic carbocycles. The number of carbonyl (C=O) groups is 1. The van der Waals surface area contributed by atoms with E-state index < -0.39 is 33.2 Å². The summed E-state index contributed by atoms with van der Waals surface area (Å²) in [6, 6.07) is 18.0. The highest BCUT2D eigenvalue weighted by molar-refractivity contribution is 7.92. The van der Waals surface area contributed by atoms with Gasteiger partial charge in [0.25, 0.3) is 21.6 Å². The van der Waals surface area contributed by atoms with Crippen molar-refractivity contribution in [3.8, 4) is 0 Å². The molecule has 0 spiro atoms. The Morgan fingerprint density at radius 1 is 1.06 bits per heavy atom. The van der Waals surface area contributed by atoms with E-state index in [0.29, 0.717) is 0 Å². The number of sulfonamides is 1. The summed E-state index contributed by atoms with van der Waals surface area (Å²) in [6.07, 6.45) is 1.08. The van der Waals surface area contributed by atoms with E-state index >= 15 is 0 Å². The van der Waals surface area contributed by atoms with Gasteiger partial charge in [0.2, 0.25) is 0 Å². The number of nitro groups is 1. The first-order valence-electron chi connectivity index (χ1n) is 9.18. The van der Waals surface area contributed by atoms with Crippen LogP contribution in [0.1, 0.15) is 5.56 Å². The second kappa shape index (κ2) is 9.79. The van der Waals surface area contributed by atoms with Gasteiger partial charge < -0.3 is 0 Å². The van der Waals surface area contributed by atoms with Crippen LogP contribution < -0.4 is 9.73 Å². The summed E-state index contributed by atoms with van der Waals surface area (Å²) in [5.74, 6) is -1.38. The lowest BCUT2D eigenvalue weighted by atomic mass is 10.2. The van der Waals surface area contributed by atoms with Gasteiger partial charge in [0, 0.05) is 17.7 Å². The van der Waals surface area contributed by atoms with Crippen LogP contribution in [-0.4, -0.2) is 32.0 Å². The minimum absolute atomic E-state index is 0.0729. The lowest BCUT2D eigenvalue weighted by Gasteiger charge is -2.23. The van der Waals surface area contributed by atoms with Gasteiger partial charge >= 0.3 is 0 Å². The Morgan fingerprint density at radius 3 is 2.44 bits per heavy atom. The van der Waals surface area contributed by atoms with E-state index in [4.69, 9.17) is 0 Å². The van der Waals surface area contributed by atoms with Crippen molar-refractivity contribution < 1.29 is 22.5 Å².